The van der Waals surface area contributed by atoms with Gasteiger partial charge in [0.1, 0.15) is 5.69 Å². The molecule has 1 aliphatic heterocycles. The van der Waals surface area contributed by atoms with Crippen LogP contribution in [0.5, 0.6) is 0 Å². The standard InChI is InChI=1S/C21H24N6O2/c1-14-12-17(25-24-14)19(28)27-10-6-21(7-11-27,13-15-2-3-15)20-23-18(29-26-20)16-4-8-22-9-5-16/h4-5,8-9,12,15H,2-3,6-7,10-11,13H2,1H3,(H,24,25). The molecule has 4 heterocycles. The van der Waals surface area contributed by atoms with Crippen molar-refractivity contribution in [1.82, 2.24) is 30.2 Å². The highest BCUT2D eigenvalue weighted by Crippen LogP contribution is 2.46. The Morgan fingerprint density at radius 3 is 2.69 bits per heavy atom. The van der Waals surface area contributed by atoms with E-state index in [9.17, 15) is 4.79 Å². The summed E-state index contributed by atoms with van der Waals surface area (Å²) in [7, 11) is 0. The first-order valence-electron chi connectivity index (χ1n) is 10.2. The predicted molar refractivity (Wildman–Crippen MR) is 105 cm³/mol. The number of carbonyl (C=O) groups is 1. The summed E-state index contributed by atoms with van der Waals surface area (Å²) in [5.41, 5.74) is 2.12. The molecule has 2 fully saturated rings. The zero-order chi connectivity index (χ0) is 19.8. The maximum absolute atomic E-state index is 12.8. The van der Waals surface area contributed by atoms with Gasteiger partial charge in [0.05, 0.1) is 0 Å². The number of aryl methyl sites for hydroxylation is 1. The van der Waals surface area contributed by atoms with Crippen molar-refractivity contribution in [2.24, 2.45) is 5.92 Å². The van der Waals surface area contributed by atoms with E-state index in [1.807, 2.05) is 24.0 Å². The molecule has 8 nitrogen and oxygen atoms in total. The van der Waals surface area contributed by atoms with Crippen molar-refractivity contribution >= 4 is 5.91 Å². The number of aromatic nitrogens is 5. The first kappa shape index (κ1) is 18.0. The maximum Gasteiger partial charge on any atom is 0.274 e. The summed E-state index contributed by atoms with van der Waals surface area (Å²) in [6, 6.07) is 5.55. The van der Waals surface area contributed by atoms with Crippen LogP contribution < -0.4 is 0 Å². The van der Waals surface area contributed by atoms with Crippen molar-refractivity contribution in [2.45, 2.75) is 44.4 Å². The van der Waals surface area contributed by atoms with Gasteiger partial charge in [0.15, 0.2) is 5.82 Å². The van der Waals surface area contributed by atoms with Gasteiger partial charge in [-0.15, -0.1) is 0 Å². The second-order valence-corrected chi connectivity index (χ2v) is 8.32. The summed E-state index contributed by atoms with van der Waals surface area (Å²) >= 11 is 0. The molecule has 150 valence electrons. The molecule has 1 N–H and O–H groups in total. The average molecular weight is 392 g/mol. The smallest absolute Gasteiger partial charge is 0.274 e. The van der Waals surface area contributed by atoms with Gasteiger partial charge < -0.3 is 9.42 Å². The number of likely N-dealkylation sites (tertiary alicyclic amines) is 1. The van der Waals surface area contributed by atoms with Gasteiger partial charge in [-0.3, -0.25) is 14.9 Å². The van der Waals surface area contributed by atoms with Crippen molar-refractivity contribution < 1.29 is 9.32 Å². The predicted octanol–water partition coefficient (Wildman–Crippen LogP) is 3.14. The summed E-state index contributed by atoms with van der Waals surface area (Å²) in [6.45, 7) is 3.25. The number of hydrogen-bond acceptors (Lipinski definition) is 6. The van der Waals surface area contributed by atoms with Gasteiger partial charge in [-0.25, -0.2) is 0 Å². The summed E-state index contributed by atoms with van der Waals surface area (Å²) in [6.07, 6.45) is 8.73. The summed E-state index contributed by atoms with van der Waals surface area (Å²) in [5.74, 6) is 2.02. The third-order valence-corrected chi connectivity index (χ3v) is 6.14. The van der Waals surface area contributed by atoms with Crippen LogP contribution in [0, 0.1) is 12.8 Å². The summed E-state index contributed by atoms with van der Waals surface area (Å²) < 4.78 is 5.59. The van der Waals surface area contributed by atoms with Crippen LogP contribution in [0.2, 0.25) is 0 Å². The van der Waals surface area contributed by atoms with E-state index in [2.05, 4.69) is 20.3 Å². The number of piperidine rings is 1. The molecule has 0 radical (unpaired) electrons. The van der Waals surface area contributed by atoms with Gasteiger partial charge >= 0.3 is 0 Å². The highest BCUT2D eigenvalue weighted by atomic mass is 16.5. The van der Waals surface area contributed by atoms with Crippen molar-refractivity contribution in [1.29, 1.82) is 0 Å². The Kier molecular flexibility index (Phi) is 4.41. The molecule has 5 rings (SSSR count). The third kappa shape index (κ3) is 3.54. The van der Waals surface area contributed by atoms with E-state index < -0.39 is 0 Å². The molecule has 3 aromatic heterocycles. The Morgan fingerprint density at radius 2 is 2.03 bits per heavy atom. The van der Waals surface area contributed by atoms with Crippen LogP contribution in [0.25, 0.3) is 11.5 Å². The Bertz CT molecular complexity index is 999. The van der Waals surface area contributed by atoms with Gasteiger partial charge in [-0.05, 0) is 50.3 Å². The first-order chi connectivity index (χ1) is 14.1. The van der Waals surface area contributed by atoms with Crippen molar-refractivity contribution in [3.8, 4) is 11.5 Å². The number of nitrogens with zero attached hydrogens (tertiary/aromatic N) is 5. The number of nitrogens with one attached hydrogen (secondary N) is 1. The molecule has 1 amide bonds. The number of hydrogen-bond donors (Lipinski definition) is 1. The van der Waals surface area contributed by atoms with Crippen molar-refractivity contribution in [3.05, 3.63) is 47.8 Å². The molecule has 29 heavy (non-hydrogen) atoms. The number of carbonyl (C=O) groups excluding carboxylic acids is 1. The molecule has 1 saturated heterocycles. The van der Waals surface area contributed by atoms with Crippen LogP contribution in [0.1, 0.15) is 54.1 Å². The minimum atomic E-state index is -0.131. The molecule has 2 aliphatic rings. The second kappa shape index (κ2) is 7.09. The highest BCUT2D eigenvalue weighted by Gasteiger charge is 2.45. The van der Waals surface area contributed by atoms with Crippen molar-refractivity contribution in [3.63, 3.8) is 0 Å². The molecule has 0 spiro atoms. The lowest BCUT2D eigenvalue weighted by Crippen LogP contribution is -2.46. The Labute approximate surface area is 168 Å². The first-order valence-corrected chi connectivity index (χ1v) is 10.2. The normalized spacial score (nSPS) is 18.7. The van der Waals surface area contributed by atoms with Gasteiger partial charge in [0.2, 0.25) is 0 Å². The minimum Gasteiger partial charge on any atom is -0.337 e. The molecular formula is C21H24N6O2. The Hall–Kier alpha value is -3.03. The molecule has 1 aliphatic carbocycles. The van der Waals surface area contributed by atoms with Crippen LogP contribution in [-0.2, 0) is 5.41 Å². The van der Waals surface area contributed by atoms with E-state index in [-0.39, 0.29) is 11.3 Å². The van der Waals surface area contributed by atoms with Crippen LogP contribution in [0.15, 0.2) is 35.1 Å². The number of rotatable bonds is 5. The fourth-order valence-electron chi connectivity index (χ4n) is 4.27. The van der Waals surface area contributed by atoms with E-state index in [1.165, 1.54) is 12.8 Å². The Morgan fingerprint density at radius 1 is 1.28 bits per heavy atom. The summed E-state index contributed by atoms with van der Waals surface area (Å²) in [4.78, 5) is 23.5. The fraction of sp³-hybridized carbons (Fsp3) is 0.476. The fourth-order valence-corrected chi connectivity index (χ4v) is 4.27. The van der Waals surface area contributed by atoms with Gasteiger partial charge in [-0.1, -0.05) is 18.0 Å². The number of amides is 1. The monoisotopic (exact) mass is 392 g/mol. The molecule has 0 aromatic carbocycles. The lowest BCUT2D eigenvalue weighted by Gasteiger charge is -2.39. The number of aromatic amines is 1. The van der Waals surface area contributed by atoms with E-state index in [0.717, 1.165) is 42.3 Å². The van der Waals surface area contributed by atoms with Crippen LogP contribution in [-0.4, -0.2) is 49.2 Å². The second-order valence-electron chi connectivity index (χ2n) is 8.32. The molecule has 1 saturated carbocycles. The maximum atomic E-state index is 12.8. The van der Waals surface area contributed by atoms with Crippen LogP contribution in [0.4, 0.5) is 0 Å². The zero-order valence-electron chi connectivity index (χ0n) is 16.5. The third-order valence-electron chi connectivity index (χ3n) is 6.14. The van der Waals surface area contributed by atoms with Gasteiger partial charge in [0, 0.05) is 42.2 Å². The topological polar surface area (TPSA) is 101 Å². The van der Waals surface area contributed by atoms with Crippen molar-refractivity contribution in [2.75, 3.05) is 13.1 Å². The minimum absolute atomic E-state index is 0.0139. The summed E-state index contributed by atoms with van der Waals surface area (Å²) in [5, 5.41) is 11.3. The molecule has 0 atom stereocenters. The largest absolute Gasteiger partial charge is 0.337 e. The molecular weight excluding hydrogens is 368 g/mol. The lowest BCUT2D eigenvalue weighted by atomic mass is 9.73. The highest BCUT2D eigenvalue weighted by molar-refractivity contribution is 5.92. The van der Waals surface area contributed by atoms with Gasteiger partial charge in [0.25, 0.3) is 11.8 Å². The average Bonchev–Trinajstić information content (AvgIpc) is 3.24. The molecule has 8 heteroatoms. The molecule has 0 unspecified atom stereocenters. The Balaban J connectivity index is 1.36. The quantitative estimate of drug-likeness (QED) is 0.716. The zero-order valence-corrected chi connectivity index (χ0v) is 16.5. The van der Waals surface area contributed by atoms with Crippen LogP contribution >= 0.6 is 0 Å². The molecule has 3 aromatic rings. The van der Waals surface area contributed by atoms with E-state index in [1.54, 1.807) is 18.5 Å². The number of H-pyrrole nitrogens is 1. The number of pyridine rings is 1. The lowest BCUT2D eigenvalue weighted by molar-refractivity contribution is 0.0639. The van der Waals surface area contributed by atoms with Crippen LogP contribution in [0.3, 0.4) is 0 Å². The molecule has 0 bridgehead atoms. The van der Waals surface area contributed by atoms with Gasteiger partial charge in [-0.2, -0.15) is 10.1 Å². The van der Waals surface area contributed by atoms with E-state index >= 15 is 0 Å². The van der Waals surface area contributed by atoms with E-state index in [4.69, 9.17) is 9.51 Å². The van der Waals surface area contributed by atoms with E-state index in [0.29, 0.717) is 24.7 Å². The SMILES string of the molecule is Cc1cc(C(=O)N2CCC(CC3CC3)(c3noc(-c4ccncc4)n3)CC2)n[nH]1.